The number of carbonyl (C=O) groups excluding carboxylic acids is 1. The van der Waals surface area contributed by atoms with Crippen LogP contribution in [0.1, 0.15) is 22.7 Å². The molecule has 1 aliphatic heterocycles. The Kier molecular flexibility index (Phi) is 4.79. The summed E-state index contributed by atoms with van der Waals surface area (Å²) in [6, 6.07) is 4.01. The first kappa shape index (κ1) is 17.3. The molecule has 0 aliphatic carbocycles. The van der Waals surface area contributed by atoms with E-state index in [-0.39, 0.29) is 18.0 Å². The van der Waals surface area contributed by atoms with E-state index in [0.717, 1.165) is 9.75 Å². The van der Waals surface area contributed by atoms with Crippen LogP contribution >= 0.6 is 22.7 Å². The van der Waals surface area contributed by atoms with Gasteiger partial charge in [0.15, 0.2) is 0 Å². The Morgan fingerprint density at radius 3 is 2.85 bits per heavy atom. The molecule has 8 nitrogen and oxygen atoms in total. The second-order valence-corrected chi connectivity index (χ2v) is 7.87. The number of piperazine rings is 1. The molecule has 0 spiro atoms. The molecule has 0 aromatic carbocycles. The van der Waals surface area contributed by atoms with E-state index in [4.69, 9.17) is 4.74 Å². The summed E-state index contributed by atoms with van der Waals surface area (Å²) in [7, 11) is 0. The van der Waals surface area contributed by atoms with Gasteiger partial charge in [-0.3, -0.25) is 4.90 Å². The van der Waals surface area contributed by atoms with E-state index in [9.17, 15) is 9.90 Å². The second kappa shape index (κ2) is 7.22. The van der Waals surface area contributed by atoms with E-state index in [2.05, 4.69) is 21.0 Å². The predicted octanol–water partition coefficient (Wildman–Crippen LogP) is 2.42. The molecule has 1 N–H and O–H groups in total. The van der Waals surface area contributed by atoms with Crippen LogP contribution in [0.15, 0.2) is 23.8 Å². The first-order valence-electron chi connectivity index (χ1n) is 8.39. The Hall–Kier alpha value is -2.17. The lowest BCUT2D eigenvalue weighted by molar-refractivity contribution is 0.0719. The average molecular weight is 393 g/mol. The summed E-state index contributed by atoms with van der Waals surface area (Å²) in [5.74, 6) is 0.133. The van der Waals surface area contributed by atoms with Crippen molar-refractivity contribution in [2.45, 2.75) is 13.0 Å². The topological polar surface area (TPSA) is 83.2 Å². The standard InChI is InChI=1S/C16H19N5O3S2/c1-2-24-16(23)20-7-5-19(6-8-20)12(11-4-3-9-25-11)13-14(22)21-15(26-13)17-10-18-21/h3-4,9-10,12,22H,2,5-8H2,1H3/t12-/m1/s1. The van der Waals surface area contributed by atoms with Crippen molar-refractivity contribution in [1.82, 2.24) is 24.4 Å². The lowest BCUT2D eigenvalue weighted by Crippen LogP contribution is -2.49. The molecule has 1 aliphatic rings. The molecule has 1 atom stereocenters. The van der Waals surface area contributed by atoms with Crippen LogP contribution in [0.25, 0.3) is 4.96 Å². The van der Waals surface area contributed by atoms with Crippen molar-refractivity contribution < 1.29 is 14.6 Å². The normalized spacial score (nSPS) is 16.9. The summed E-state index contributed by atoms with van der Waals surface area (Å²) in [6.45, 7) is 4.80. The van der Waals surface area contributed by atoms with Crippen LogP contribution in [0.5, 0.6) is 5.88 Å². The smallest absolute Gasteiger partial charge is 0.409 e. The highest BCUT2D eigenvalue weighted by Gasteiger charge is 2.33. The zero-order valence-corrected chi connectivity index (χ0v) is 15.9. The van der Waals surface area contributed by atoms with Gasteiger partial charge in [-0.1, -0.05) is 17.4 Å². The quantitative estimate of drug-likeness (QED) is 0.733. The van der Waals surface area contributed by atoms with Crippen molar-refractivity contribution in [1.29, 1.82) is 0 Å². The van der Waals surface area contributed by atoms with Crippen molar-refractivity contribution >= 4 is 33.7 Å². The Bertz CT molecular complexity index is 883. The molecule has 4 heterocycles. The predicted molar refractivity (Wildman–Crippen MR) is 98.9 cm³/mol. The molecule has 0 radical (unpaired) electrons. The summed E-state index contributed by atoms with van der Waals surface area (Å²) in [4.78, 5) is 22.8. The molecular weight excluding hydrogens is 374 g/mol. The molecule has 1 fully saturated rings. The van der Waals surface area contributed by atoms with Gasteiger partial charge in [0.2, 0.25) is 10.8 Å². The number of thiophene rings is 1. The van der Waals surface area contributed by atoms with Gasteiger partial charge < -0.3 is 14.7 Å². The zero-order valence-electron chi connectivity index (χ0n) is 14.2. The van der Waals surface area contributed by atoms with Crippen LogP contribution in [0.2, 0.25) is 0 Å². The summed E-state index contributed by atoms with van der Waals surface area (Å²) < 4.78 is 6.56. The fourth-order valence-electron chi connectivity index (χ4n) is 3.17. The van der Waals surface area contributed by atoms with E-state index in [1.54, 1.807) is 16.2 Å². The van der Waals surface area contributed by atoms with Crippen molar-refractivity contribution in [3.63, 3.8) is 0 Å². The number of aromatic hydroxyl groups is 1. The van der Waals surface area contributed by atoms with Gasteiger partial charge in [-0.15, -0.1) is 11.3 Å². The Morgan fingerprint density at radius 1 is 1.38 bits per heavy atom. The molecule has 4 rings (SSSR count). The number of amides is 1. The van der Waals surface area contributed by atoms with Gasteiger partial charge in [-0.25, -0.2) is 9.78 Å². The van der Waals surface area contributed by atoms with E-state index >= 15 is 0 Å². The van der Waals surface area contributed by atoms with Crippen LogP contribution in [0.3, 0.4) is 0 Å². The van der Waals surface area contributed by atoms with Crippen molar-refractivity contribution in [2.24, 2.45) is 0 Å². The van der Waals surface area contributed by atoms with E-state index in [1.165, 1.54) is 22.2 Å². The number of rotatable bonds is 4. The lowest BCUT2D eigenvalue weighted by Gasteiger charge is -2.38. The van der Waals surface area contributed by atoms with Gasteiger partial charge >= 0.3 is 6.09 Å². The van der Waals surface area contributed by atoms with Crippen molar-refractivity contribution in [2.75, 3.05) is 32.8 Å². The SMILES string of the molecule is CCOC(=O)N1CCN([C@H](c2cccs2)c2sc3ncnn3c2O)CC1. The zero-order chi connectivity index (χ0) is 18.1. The van der Waals surface area contributed by atoms with Crippen LogP contribution in [-0.2, 0) is 4.74 Å². The molecule has 0 saturated carbocycles. The third-order valence-corrected chi connectivity index (χ3v) is 6.42. The van der Waals surface area contributed by atoms with Crippen molar-refractivity contribution in [3.8, 4) is 5.88 Å². The molecule has 10 heteroatoms. The molecule has 26 heavy (non-hydrogen) atoms. The largest absolute Gasteiger partial charge is 0.492 e. The van der Waals surface area contributed by atoms with Gasteiger partial charge in [0, 0.05) is 31.1 Å². The molecule has 1 saturated heterocycles. The van der Waals surface area contributed by atoms with Crippen LogP contribution < -0.4 is 0 Å². The highest BCUT2D eigenvalue weighted by molar-refractivity contribution is 7.17. The van der Waals surface area contributed by atoms with Crippen LogP contribution in [0.4, 0.5) is 4.79 Å². The molecule has 0 unspecified atom stereocenters. The van der Waals surface area contributed by atoms with Gasteiger partial charge in [0.1, 0.15) is 6.33 Å². The van der Waals surface area contributed by atoms with Crippen LogP contribution in [-0.4, -0.2) is 68.4 Å². The number of fused-ring (bicyclic) bond motifs is 1. The van der Waals surface area contributed by atoms with Gasteiger partial charge in [-0.05, 0) is 18.4 Å². The number of thiazole rings is 1. The Balaban J connectivity index is 1.60. The molecule has 3 aromatic heterocycles. The number of nitrogens with zero attached hydrogens (tertiary/aromatic N) is 5. The fraction of sp³-hybridized carbons (Fsp3) is 0.438. The maximum Gasteiger partial charge on any atom is 0.409 e. The van der Waals surface area contributed by atoms with E-state index in [1.807, 2.05) is 18.4 Å². The summed E-state index contributed by atoms with van der Waals surface area (Å²) in [6.07, 6.45) is 1.18. The maximum absolute atomic E-state index is 11.9. The fourth-order valence-corrected chi connectivity index (χ4v) is 5.20. The molecule has 138 valence electrons. The molecular formula is C16H19N5O3S2. The first-order valence-corrected chi connectivity index (χ1v) is 10.1. The lowest BCUT2D eigenvalue weighted by atomic mass is 10.1. The highest BCUT2D eigenvalue weighted by atomic mass is 32.1. The Morgan fingerprint density at radius 2 is 2.19 bits per heavy atom. The maximum atomic E-state index is 11.9. The number of ether oxygens (including phenoxy) is 1. The molecule has 1 amide bonds. The van der Waals surface area contributed by atoms with Gasteiger partial charge in [-0.2, -0.15) is 9.61 Å². The highest BCUT2D eigenvalue weighted by Crippen LogP contribution is 2.41. The van der Waals surface area contributed by atoms with Crippen molar-refractivity contribution in [3.05, 3.63) is 33.6 Å². The number of aromatic nitrogens is 3. The van der Waals surface area contributed by atoms with E-state index < -0.39 is 0 Å². The summed E-state index contributed by atoms with van der Waals surface area (Å²) in [5.41, 5.74) is 0. The minimum atomic E-state index is -0.263. The molecule has 3 aromatic rings. The van der Waals surface area contributed by atoms with E-state index in [0.29, 0.717) is 37.7 Å². The minimum Gasteiger partial charge on any atom is -0.492 e. The van der Waals surface area contributed by atoms with Gasteiger partial charge in [0.05, 0.1) is 17.5 Å². The monoisotopic (exact) mass is 393 g/mol. The van der Waals surface area contributed by atoms with Gasteiger partial charge in [0.25, 0.3) is 0 Å². The third-order valence-electron chi connectivity index (χ3n) is 4.41. The van der Waals surface area contributed by atoms with Crippen LogP contribution in [0, 0.1) is 0 Å². The molecule has 0 bridgehead atoms. The second-order valence-electron chi connectivity index (χ2n) is 5.88. The third kappa shape index (κ3) is 3.04. The first-order chi connectivity index (χ1) is 12.7. The Labute approximate surface area is 158 Å². The minimum absolute atomic E-state index is 0.0761. The summed E-state index contributed by atoms with van der Waals surface area (Å²) >= 11 is 3.10. The number of hydrogen-bond acceptors (Lipinski definition) is 8. The average Bonchev–Trinajstić information content (AvgIpc) is 3.37. The summed E-state index contributed by atoms with van der Waals surface area (Å²) in [5, 5.41) is 16.8. The number of hydrogen-bond donors (Lipinski definition) is 1. The number of carbonyl (C=O) groups is 1.